The van der Waals surface area contributed by atoms with Crippen LogP contribution >= 0.6 is 34.8 Å². The van der Waals surface area contributed by atoms with Crippen LogP contribution in [0.2, 0.25) is 15.1 Å². The molecule has 2 aromatic heterocycles. The predicted molar refractivity (Wildman–Crippen MR) is 109 cm³/mol. The molecular formula is C19H17Cl3N4O2. The molecule has 9 heteroatoms. The van der Waals surface area contributed by atoms with Crippen LogP contribution in [-0.2, 0) is 11.2 Å². The average Bonchev–Trinajstić information content (AvgIpc) is 2.85. The highest BCUT2D eigenvalue weighted by atomic mass is 35.5. The molecule has 0 N–H and O–H groups in total. The van der Waals surface area contributed by atoms with E-state index in [9.17, 15) is 4.79 Å². The molecule has 0 unspecified atom stereocenters. The quantitative estimate of drug-likeness (QED) is 0.422. The van der Waals surface area contributed by atoms with Gasteiger partial charge in [-0.3, -0.25) is 4.79 Å². The fraction of sp³-hybridized carbons (Fsp3) is 0.263. The van der Waals surface area contributed by atoms with Gasteiger partial charge >= 0.3 is 5.97 Å². The Morgan fingerprint density at radius 1 is 1.00 bits per heavy atom. The van der Waals surface area contributed by atoms with Gasteiger partial charge in [0.2, 0.25) is 0 Å². The summed E-state index contributed by atoms with van der Waals surface area (Å²) in [5.74, 6) is 0.0257. The van der Waals surface area contributed by atoms with Crippen LogP contribution in [0.4, 0.5) is 0 Å². The lowest BCUT2D eigenvalue weighted by molar-refractivity contribution is -0.133. The molecule has 0 fully saturated rings. The minimum absolute atomic E-state index is 0.00223. The Bertz CT molecular complexity index is 1040. The SMILES string of the molecule is Cc1cc(C)nc(-n2nc(C)c(CC(=O)Oc3c(Cl)cc(Cl)cc3Cl)c2C)n1. The van der Waals surface area contributed by atoms with E-state index < -0.39 is 5.97 Å². The molecular weight excluding hydrogens is 423 g/mol. The van der Waals surface area contributed by atoms with E-state index in [1.165, 1.54) is 12.1 Å². The largest absolute Gasteiger partial charge is 0.423 e. The van der Waals surface area contributed by atoms with Gasteiger partial charge < -0.3 is 4.74 Å². The molecule has 0 atom stereocenters. The highest BCUT2D eigenvalue weighted by Crippen LogP contribution is 2.36. The summed E-state index contributed by atoms with van der Waals surface area (Å²) in [4.78, 5) is 21.3. The summed E-state index contributed by atoms with van der Waals surface area (Å²) < 4.78 is 6.99. The molecule has 6 nitrogen and oxygen atoms in total. The second-order valence-electron chi connectivity index (χ2n) is 6.36. The van der Waals surface area contributed by atoms with Crippen LogP contribution < -0.4 is 4.74 Å². The van der Waals surface area contributed by atoms with Crippen molar-refractivity contribution in [2.75, 3.05) is 0 Å². The van der Waals surface area contributed by atoms with Crippen molar-refractivity contribution in [2.45, 2.75) is 34.1 Å². The molecule has 146 valence electrons. The van der Waals surface area contributed by atoms with Crippen molar-refractivity contribution in [2.24, 2.45) is 0 Å². The number of hydrogen-bond acceptors (Lipinski definition) is 5. The van der Waals surface area contributed by atoms with E-state index in [2.05, 4.69) is 15.1 Å². The Morgan fingerprint density at radius 2 is 1.57 bits per heavy atom. The Balaban J connectivity index is 1.87. The maximum Gasteiger partial charge on any atom is 0.315 e. The summed E-state index contributed by atoms with van der Waals surface area (Å²) in [6, 6.07) is 4.81. The Kier molecular flexibility index (Phi) is 5.93. The standard InChI is InChI=1S/C19H17Cl3N4O2/c1-9-5-10(2)24-19(23-9)26-12(4)14(11(3)25-26)8-17(27)28-18-15(21)6-13(20)7-16(18)22/h5-7H,8H2,1-4H3. The first-order valence-corrected chi connectivity index (χ1v) is 9.52. The molecule has 2 heterocycles. The fourth-order valence-corrected chi connectivity index (χ4v) is 3.74. The van der Waals surface area contributed by atoms with E-state index in [-0.39, 0.29) is 22.2 Å². The van der Waals surface area contributed by atoms with Gasteiger partial charge in [-0.25, -0.2) is 14.6 Å². The molecule has 28 heavy (non-hydrogen) atoms. The van der Waals surface area contributed by atoms with Crippen LogP contribution in [0, 0.1) is 27.7 Å². The number of aromatic nitrogens is 4. The molecule has 0 aliphatic carbocycles. The van der Waals surface area contributed by atoms with E-state index in [4.69, 9.17) is 39.5 Å². The number of carbonyl (C=O) groups excluding carboxylic acids is 1. The molecule has 0 saturated carbocycles. The molecule has 0 spiro atoms. The van der Waals surface area contributed by atoms with Gasteiger partial charge in [0.1, 0.15) is 0 Å². The number of nitrogens with zero attached hydrogens (tertiary/aromatic N) is 4. The third-order valence-corrected chi connectivity index (χ3v) is 4.88. The van der Waals surface area contributed by atoms with Gasteiger partial charge in [-0.2, -0.15) is 5.10 Å². The van der Waals surface area contributed by atoms with Crippen LogP contribution in [0.15, 0.2) is 18.2 Å². The van der Waals surface area contributed by atoms with Gasteiger partial charge in [0, 0.05) is 27.7 Å². The van der Waals surface area contributed by atoms with Gasteiger partial charge in [-0.15, -0.1) is 0 Å². The Labute approximate surface area is 177 Å². The zero-order valence-electron chi connectivity index (χ0n) is 15.7. The number of benzene rings is 1. The smallest absolute Gasteiger partial charge is 0.315 e. The van der Waals surface area contributed by atoms with Crippen LogP contribution in [0.5, 0.6) is 5.75 Å². The van der Waals surface area contributed by atoms with Crippen molar-refractivity contribution in [3.05, 3.63) is 61.6 Å². The van der Waals surface area contributed by atoms with Gasteiger partial charge in [0.05, 0.1) is 22.2 Å². The van der Waals surface area contributed by atoms with E-state index in [0.717, 1.165) is 22.6 Å². The lowest BCUT2D eigenvalue weighted by Gasteiger charge is -2.09. The maximum atomic E-state index is 12.5. The van der Waals surface area contributed by atoms with Gasteiger partial charge in [0.15, 0.2) is 5.75 Å². The van der Waals surface area contributed by atoms with Gasteiger partial charge in [-0.1, -0.05) is 34.8 Å². The summed E-state index contributed by atoms with van der Waals surface area (Å²) in [7, 11) is 0. The summed E-state index contributed by atoms with van der Waals surface area (Å²) in [5, 5.41) is 5.17. The number of aryl methyl sites for hydroxylation is 3. The summed E-state index contributed by atoms with van der Waals surface area (Å²) >= 11 is 18.0. The van der Waals surface area contributed by atoms with Crippen LogP contribution in [0.1, 0.15) is 28.3 Å². The normalized spacial score (nSPS) is 11.0. The molecule has 1 aromatic carbocycles. The summed E-state index contributed by atoms with van der Waals surface area (Å²) in [6.45, 7) is 7.45. The van der Waals surface area contributed by atoms with Crippen LogP contribution in [-0.4, -0.2) is 25.7 Å². The van der Waals surface area contributed by atoms with Crippen molar-refractivity contribution in [3.63, 3.8) is 0 Å². The zero-order valence-corrected chi connectivity index (χ0v) is 17.9. The molecule has 3 aromatic rings. The monoisotopic (exact) mass is 438 g/mol. The number of halogens is 3. The third-order valence-electron chi connectivity index (χ3n) is 4.10. The fourth-order valence-electron chi connectivity index (χ4n) is 2.85. The number of rotatable bonds is 4. The first-order valence-electron chi connectivity index (χ1n) is 8.38. The minimum Gasteiger partial charge on any atom is -0.423 e. The molecule has 0 bridgehead atoms. The highest BCUT2D eigenvalue weighted by molar-refractivity contribution is 6.40. The van der Waals surface area contributed by atoms with E-state index in [1.54, 1.807) is 4.68 Å². The van der Waals surface area contributed by atoms with Crippen molar-refractivity contribution in [3.8, 4) is 11.7 Å². The third kappa shape index (κ3) is 4.29. The highest BCUT2D eigenvalue weighted by Gasteiger charge is 2.20. The van der Waals surface area contributed by atoms with Crippen molar-refractivity contribution < 1.29 is 9.53 Å². The number of esters is 1. The van der Waals surface area contributed by atoms with Gasteiger partial charge in [-0.05, 0) is 45.9 Å². The van der Waals surface area contributed by atoms with E-state index in [1.807, 2.05) is 33.8 Å². The van der Waals surface area contributed by atoms with Gasteiger partial charge in [0.25, 0.3) is 5.95 Å². The lowest BCUT2D eigenvalue weighted by Crippen LogP contribution is -2.13. The van der Waals surface area contributed by atoms with Crippen molar-refractivity contribution in [1.82, 2.24) is 19.7 Å². The number of hydrogen-bond donors (Lipinski definition) is 0. The Morgan fingerprint density at radius 3 is 2.14 bits per heavy atom. The molecule has 0 radical (unpaired) electrons. The molecule has 0 saturated heterocycles. The molecule has 0 aliphatic heterocycles. The number of carbonyl (C=O) groups is 1. The lowest BCUT2D eigenvalue weighted by atomic mass is 10.1. The summed E-state index contributed by atoms with van der Waals surface area (Å²) in [6.07, 6.45) is -0.00223. The first kappa shape index (κ1) is 20.6. The molecule has 3 rings (SSSR count). The maximum absolute atomic E-state index is 12.5. The van der Waals surface area contributed by atoms with Crippen LogP contribution in [0.3, 0.4) is 0 Å². The Hall–Kier alpha value is -2.15. The summed E-state index contributed by atoms with van der Waals surface area (Å²) in [5.41, 5.74) is 3.85. The molecule has 0 aliphatic rings. The van der Waals surface area contributed by atoms with Crippen molar-refractivity contribution in [1.29, 1.82) is 0 Å². The molecule has 0 amide bonds. The minimum atomic E-state index is -0.516. The predicted octanol–water partition coefficient (Wildman–Crippen LogP) is 5.00. The van der Waals surface area contributed by atoms with E-state index >= 15 is 0 Å². The zero-order chi connectivity index (χ0) is 20.6. The van der Waals surface area contributed by atoms with Crippen LogP contribution in [0.25, 0.3) is 5.95 Å². The second kappa shape index (κ2) is 8.07. The van der Waals surface area contributed by atoms with Crippen molar-refractivity contribution >= 4 is 40.8 Å². The van der Waals surface area contributed by atoms with E-state index in [0.29, 0.717) is 16.7 Å². The topological polar surface area (TPSA) is 69.9 Å². The average molecular weight is 440 g/mol. The number of ether oxygens (including phenoxy) is 1. The second-order valence-corrected chi connectivity index (χ2v) is 7.61. The first-order chi connectivity index (χ1) is 13.2.